The lowest BCUT2D eigenvalue weighted by molar-refractivity contribution is 0.146. The zero-order chi connectivity index (χ0) is 25.9. The normalized spacial score (nSPS) is 27.4. The van der Waals surface area contributed by atoms with Crippen molar-refractivity contribution >= 4 is 16.6 Å². The molecule has 0 unspecified atom stereocenters. The van der Waals surface area contributed by atoms with Gasteiger partial charge in [0.2, 0.25) is 0 Å². The minimum absolute atomic E-state index is 0.187. The molecule has 0 aromatic heterocycles. The van der Waals surface area contributed by atoms with E-state index in [1.165, 1.54) is 24.8 Å². The SMILES string of the molecule is CCCCC[C@@H](/C=C\[C@H]1[C@H]2CC(CO)=C[C@H]2C[C@H]1O[Si](C)(C)C(C)(C)C)O[Si](C)(C)C(C)(C)C. The van der Waals surface area contributed by atoms with E-state index in [9.17, 15) is 5.11 Å². The third-order valence-electron chi connectivity index (χ3n) is 9.27. The highest BCUT2D eigenvalue weighted by molar-refractivity contribution is 6.74. The predicted octanol–water partition coefficient (Wildman–Crippen LogP) is 8.48. The minimum atomic E-state index is -1.86. The molecule has 0 aromatic rings. The van der Waals surface area contributed by atoms with Crippen molar-refractivity contribution in [2.45, 2.75) is 135 Å². The van der Waals surface area contributed by atoms with Crippen LogP contribution in [-0.2, 0) is 8.85 Å². The Kier molecular flexibility index (Phi) is 10.1. The van der Waals surface area contributed by atoms with Crippen LogP contribution in [0.25, 0.3) is 0 Å². The summed E-state index contributed by atoms with van der Waals surface area (Å²) in [5.41, 5.74) is 1.22. The van der Waals surface area contributed by atoms with E-state index in [0.29, 0.717) is 17.8 Å². The predicted molar refractivity (Wildman–Crippen MR) is 152 cm³/mol. The molecule has 2 aliphatic carbocycles. The van der Waals surface area contributed by atoms with Crippen LogP contribution < -0.4 is 0 Å². The summed E-state index contributed by atoms with van der Waals surface area (Å²) >= 11 is 0. The number of aliphatic hydroxyl groups is 1. The molecule has 0 amide bonds. The minimum Gasteiger partial charge on any atom is -0.413 e. The lowest BCUT2D eigenvalue weighted by atomic mass is 9.89. The monoisotopic (exact) mass is 508 g/mol. The number of hydrogen-bond donors (Lipinski definition) is 1. The topological polar surface area (TPSA) is 38.7 Å². The smallest absolute Gasteiger partial charge is 0.192 e. The van der Waals surface area contributed by atoms with E-state index in [1.54, 1.807) is 0 Å². The Morgan fingerprint density at radius 1 is 1.03 bits per heavy atom. The largest absolute Gasteiger partial charge is 0.413 e. The highest BCUT2D eigenvalue weighted by Gasteiger charge is 2.48. The van der Waals surface area contributed by atoms with Gasteiger partial charge in [0.1, 0.15) is 0 Å². The number of fused-ring (bicyclic) bond motifs is 1. The summed E-state index contributed by atoms with van der Waals surface area (Å²) in [7, 11) is -3.71. The van der Waals surface area contributed by atoms with Crippen LogP contribution >= 0.6 is 0 Å². The summed E-state index contributed by atoms with van der Waals surface area (Å²) in [4.78, 5) is 0. The number of hydrogen-bond acceptors (Lipinski definition) is 3. The van der Waals surface area contributed by atoms with Crippen molar-refractivity contribution < 1.29 is 14.0 Å². The van der Waals surface area contributed by atoms with E-state index in [0.717, 1.165) is 19.3 Å². The molecule has 0 radical (unpaired) electrons. The standard InChI is InChI=1S/C29H56O3Si2/c1-12-13-14-15-24(31-33(8,9)28(2,3)4)16-17-25-26-19-22(21-30)18-23(26)20-27(25)32-34(10,11)29(5,6)7/h16-18,23-27,30H,12-15,19-21H2,1-11H3/b17-16-/t23-,24-,25-,26-,27+/m0/s1. The second-order valence-corrected chi connectivity index (χ2v) is 23.6. The molecule has 1 N–H and O–H groups in total. The number of unbranched alkanes of at least 4 members (excludes halogenated alkanes) is 2. The Labute approximate surface area is 214 Å². The summed E-state index contributed by atoms with van der Waals surface area (Å²) in [5.74, 6) is 1.49. The molecular weight excluding hydrogens is 452 g/mol. The molecule has 0 aliphatic heterocycles. The molecule has 2 rings (SSSR count). The first kappa shape index (κ1) is 30.0. The van der Waals surface area contributed by atoms with Crippen molar-refractivity contribution in [2.24, 2.45) is 17.8 Å². The van der Waals surface area contributed by atoms with Crippen LogP contribution in [0.4, 0.5) is 0 Å². The lowest BCUT2D eigenvalue weighted by Crippen LogP contribution is -2.45. The van der Waals surface area contributed by atoms with Crippen molar-refractivity contribution in [1.82, 2.24) is 0 Å². The maximum Gasteiger partial charge on any atom is 0.192 e. The molecule has 0 aromatic carbocycles. The molecule has 1 saturated carbocycles. The molecule has 0 bridgehead atoms. The van der Waals surface area contributed by atoms with E-state index in [4.69, 9.17) is 8.85 Å². The van der Waals surface area contributed by atoms with Crippen LogP contribution in [0.3, 0.4) is 0 Å². The molecule has 34 heavy (non-hydrogen) atoms. The molecule has 1 fully saturated rings. The first-order valence-electron chi connectivity index (χ1n) is 13.9. The third kappa shape index (κ3) is 7.41. The van der Waals surface area contributed by atoms with Crippen LogP contribution in [0.5, 0.6) is 0 Å². The van der Waals surface area contributed by atoms with Gasteiger partial charge in [-0.1, -0.05) is 86.0 Å². The molecular formula is C29H56O3Si2. The van der Waals surface area contributed by atoms with E-state index >= 15 is 0 Å². The zero-order valence-corrected chi connectivity index (χ0v) is 26.3. The molecule has 3 nitrogen and oxygen atoms in total. The quantitative estimate of drug-likeness (QED) is 0.173. The van der Waals surface area contributed by atoms with Gasteiger partial charge >= 0.3 is 0 Å². The van der Waals surface area contributed by atoms with Crippen molar-refractivity contribution in [3.63, 3.8) is 0 Å². The van der Waals surface area contributed by atoms with Crippen molar-refractivity contribution in [2.75, 3.05) is 6.61 Å². The number of aliphatic hydroxyl groups excluding tert-OH is 1. The Bertz CT molecular complexity index is 712. The summed E-state index contributed by atoms with van der Waals surface area (Å²) < 4.78 is 14.0. The van der Waals surface area contributed by atoms with Crippen molar-refractivity contribution in [1.29, 1.82) is 0 Å². The van der Waals surface area contributed by atoms with Gasteiger partial charge in [-0.3, -0.25) is 0 Å². The summed E-state index contributed by atoms with van der Waals surface area (Å²) in [5, 5.41) is 10.2. The second-order valence-electron chi connectivity index (χ2n) is 14.0. The average molecular weight is 509 g/mol. The third-order valence-corrected chi connectivity index (χ3v) is 18.3. The summed E-state index contributed by atoms with van der Waals surface area (Å²) in [6.45, 7) is 26.0. The van der Waals surface area contributed by atoms with Crippen LogP contribution in [0, 0.1) is 17.8 Å². The molecule has 198 valence electrons. The second kappa shape index (κ2) is 11.5. The summed E-state index contributed by atoms with van der Waals surface area (Å²) in [6, 6.07) is 0. The zero-order valence-electron chi connectivity index (χ0n) is 24.3. The van der Waals surface area contributed by atoms with Gasteiger partial charge in [0.15, 0.2) is 16.6 Å². The van der Waals surface area contributed by atoms with Gasteiger partial charge in [0, 0.05) is 5.92 Å². The van der Waals surface area contributed by atoms with Crippen LogP contribution in [0.2, 0.25) is 36.3 Å². The van der Waals surface area contributed by atoms with Gasteiger partial charge < -0.3 is 14.0 Å². The fraction of sp³-hybridized carbons (Fsp3) is 0.862. The van der Waals surface area contributed by atoms with E-state index in [2.05, 4.69) is 92.9 Å². The maximum atomic E-state index is 9.78. The van der Waals surface area contributed by atoms with E-state index in [1.807, 2.05) is 0 Å². The first-order valence-corrected chi connectivity index (χ1v) is 19.7. The Hall–Kier alpha value is -0.206. The molecule has 0 saturated heterocycles. The fourth-order valence-electron chi connectivity index (χ4n) is 4.98. The average Bonchev–Trinajstić information content (AvgIpc) is 3.21. The van der Waals surface area contributed by atoms with Gasteiger partial charge in [0.25, 0.3) is 0 Å². The van der Waals surface area contributed by atoms with Gasteiger partial charge in [-0.25, -0.2) is 0 Å². The van der Waals surface area contributed by atoms with E-state index in [-0.39, 0.29) is 28.9 Å². The molecule has 0 heterocycles. The van der Waals surface area contributed by atoms with Crippen molar-refractivity contribution in [3.8, 4) is 0 Å². The van der Waals surface area contributed by atoms with Crippen molar-refractivity contribution in [3.05, 3.63) is 23.8 Å². The van der Waals surface area contributed by atoms with Crippen LogP contribution in [0.15, 0.2) is 23.8 Å². The van der Waals surface area contributed by atoms with Crippen LogP contribution in [-0.4, -0.2) is 40.6 Å². The Morgan fingerprint density at radius 3 is 2.18 bits per heavy atom. The molecule has 5 heteroatoms. The Balaban J connectivity index is 2.28. The number of rotatable bonds is 11. The van der Waals surface area contributed by atoms with Gasteiger partial charge in [-0.2, -0.15) is 0 Å². The van der Waals surface area contributed by atoms with E-state index < -0.39 is 16.6 Å². The van der Waals surface area contributed by atoms with Gasteiger partial charge in [-0.15, -0.1) is 0 Å². The maximum absolute atomic E-state index is 9.78. The molecule has 0 spiro atoms. The molecule has 5 atom stereocenters. The first-order chi connectivity index (χ1) is 15.5. The molecule has 2 aliphatic rings. The van der Waals surface area contributed by atoms with Gasteiger partial charge in [-0.05, 0) is 72.9 Å². The fourth-order valence-corrected chi connectivity index (χ4v) is 7.65. The van der Waals surface area contributed by atoms with Crippen LogP contribution in [0.1, 0.15) is 87.0 Å². The number of allylic oxidation sites excluding steroid dienone is 1. The highest BCUT2D eigenvalue weighted by Crippen LogP contribution is 2.50. The Morgan fingerprint density at radius 2 is 1.65 bits per heavy atom. The summed E-state index contributed by atoms with van der Waals surface area (Å²) in [6.07, 6.45) is 14.6. The highest BCUT2D eigenvalue weighted by atomic mass is 28.4. The lowest BCUT2D eigenvalue weighted by Gasteiger charge is -2.40. The van der Waals surface area contributed by atoms with Gasteiger partial charge in [0.05, 0.1) is 18.8 Å².